The molecule has 4 aromatic carbocycles. The SMILES string of the molecule is COCOC[C@]1(c2ccccc2)SC(c2cc(F)ccc2F)=NN1C(=O)[C@H](C)O[Si](c1ccccc1)(c1ccccc1)C(C)(C)C. The average molecular weight is 661 g/mol. The van der Waals surface area contributed by atoms with Gasteiger partial charge in [0.05, 0.1) is 6.61 Å². The maximum Gasteiger partial charge on any atom is 0.272 e. The number of hydrogen-bond donors (Lipinski definition) is 0. The first-order valence-electron chi connectivity index (χ1n) is 15.0. The maximum absolute atomic E-state index is 15.2. The molecule has 0 aromatic heterocycles. The highest BCUT2D eigenvalue weighted by atomic mass is 32.2. The zero-order valence-corrected chi connectivity index (χ0v) is 28.4. The minimum absolute atomic E-state index is 0.0445. The molecule has 4 aromatic rings. The van der Waals surface area contributed by atoms with Crippen molar-refractivity contribution >= 4 is 41.4 Å². The van der Waals surface area contributed by atoms with Crippen LogP contribution >= 0.6 is 11.8 Å². The van der Waals surface area contributed by atoms with Crippen molar-refractivity contribution in [3.8, 4) is 0 Å². The Balaban J connectivity index is 1.65. The van der Waals surface area contributed by atoms with Crippen molar-refractivity contribution in [2.45, 2.75) is 43.7 Å². The highest BCUT2D eigenvalue weighted by molar-refractivity contribution is 8.15. The molecular formula is C36H38F2N2O4SSi. The average Bonchev–Trinajstić information content (AvgIpc) is 3.45. The van der Waals surface area contributed by atoms with E-state index in [9.17, 15) is 9.18 Å². The molecular weight excluding hydrogens is 623 g/mol. The second-order valence-corrected chi connectivity index (χ2v) is 17.6. The topological polar surface area (TPSA) is 60.4 Å². The molecule has 6 nitrogen and oxygen atoms in total. The van der Waals surface area contributed by atoms with Crippen LogP contribution < -0.4 is 10.4 Å². The minimum atomic E-state index is -3.14. The summed E-state index contributed by atoms with van der Waals surface area (Å²) < 4.78 is 47.8. The van der Waals surface area contributed by atoms with Gasteiger partial charge in [-0.3, -0.25) is 4.79 Å². The summed E-state index contributed by atoms with van der Waals surface area (Å²) in [4.78, 5) is 13.5. The quantitative estimate of drug-likeness (QED) is 0.103. The van der Waals surface area contributed by atoms with E-state index in [-0.39, 0.29) is 29.0 Å². The zero-order chi connectivity index (χ0) is 33.0. The van der Waals surface area contributed by atoms with Crippen LogP contribution in [0.15, 0.2) is 114 Å². The molecule has 0 spiro atoms. The van der Waals surface area contributed by atoms with Crippen molar-refractivity contribution in [1.29, 1.82) is 0 Å². The lowest BCUT2D eigenvalue weighted by Gasteiger charge is -2.45. The molecule has 0 bridgehead atoms. The third kappa shape index (κ3) is 6.45. The van der Waals surface area contributed by atoms with E-state index in [1.807, 2.05) is 66.7 Å². The monoisotopic (exact) mass is 660 g/mol. The van der Waals surface area contributed by atoms with Crippen LogP contribution in [0.4, 0.5) is 8.78 Å². The molecule has 0 fully saturated rings. The van der Waals surface area contributed by atoms with E-state index in [1.54, 1.807) is 6.92 Å². The summed E-state index contributed by atoms with van der Waals surface area (Å²) in [5.41, 5.74) is 0.644. The Morgan fingerprint density at radius 2 is 1.48 bits per heavy atom. The van der Waals surface area contributed by atoms with E-state index >= 15 is 4.39 Å². The fourth-order valence-corrected chi connectivity index (χ4v) is 11.9. The molecule has 1 amide bonds. The number of halogens is 2. The van der Waals surface area contributed by atoms with Gasteiger partial charge >= 0.3 is 0 Å². The predicted molar refractivity (Wildman–Crippen MR) is 181 cm³/mol. The Morgan fingerprint density at radius 1 is 0.913 bits per heavy atom. The van der Waals surface area contributed by atoms with Crippen molar-refractivity contribution in [2.24, 2.45) is 5.10 Å². The Bertz CT molecular complexity index is 1630. The van der Waals surface area contributed by atoms with E-state index in [0.29, 0.717) is 5.56 Å². The lowest BCUT2D eigenvalue weighted by Crippen LogP contribution is -2.68. The van der Waals surface area contributed by atoms with Crippen molar-refractivity contribution in [3.05, 3.63) is 132 Å². The smallest absolute Gasteiger partial charge is 0.272 e. The van der Waals surface area contributed by atoms with Gasteiger partial charge in [0.15, 0.2) is 4.87 Å². The maximum atomic E-state index is 15.2. The Kier molecular flexibility index (Phi) is 10.2. The number of amides is 1. The molecule has 10 heteroatoms. The van der Waals surface area contributed by atoms with Crippen LogP contribution in [0, 0.1) is 11.6 Å². The van der Waals surface area contributed by atoms with Gasteiger partial charge in [-0.25, -0.2) is 13.8 Å². The van der Waals surface area contributed by atoms with E-state index in [4.69, 9.17) is 19.0 Å². The molecule has 0 saturated heterocycles. The molecule has 0 saturated carbocycles. The summed E-state index contributed by atoms with van der Waals surface area (Å²) in [5, 5.41) is 7.82. The number of thioether (sulfide) groups is 1. The molecule has 0 radical (unpaired) electrons. The normalized spacial score (nSPS) is 17.5. The molecule has 2 atom stereocenters. The Hall–Kier alpha value is -3.67. The number of hydrogen-bond acceptors (Lipinski definition) is 6. The molecule has 0 unspecified atom stereocenters. The van der Waals surface area contributed by atoms with Gasteiger partial charge in [0.1, 0.15) is 29.6 Å². The largest absolute Gasteiger partial charge is 0.396 e. The van der Waals surface area contributed by atoms with Crippen LogP contribution in [0.2, 0.25) is 5.04 Å². The molecule has 0 aliphatic carbocycles. The first-order valence-corrected chi connectivity index (χ1v) is 17.7. The van der Waals surface area contributed by atoms with Crippen LogP contribution in [-0.4, -0.2) is 50.9 Å². The van der Waals surface area contributed by atoms with Gasteiger partial charge in [0.25, 0.3) is 14.2 Å². The van der Waals surface area contributed by atoms with Gasteiger partial charge in [-0.1, -0.05) is 124 Å². The summed E-state index contributed by atoms with van der Waals surface area (Å²) in [6.07, 6.45) is -0.988. The second kappa shape index (κ2) is 14.0. The van der Waals surface area contributed by atoms with Gasteiger partial charge in [0.2, 0.25) is 0 Å². The molecule has 240 valence electrons. The van der Waals surface area contributed by atoms with Crippen LogP contribution in [-0.2, 0) is 23.6 Å². The third-order valence-corrected chi connectivity index (χ3v) is 14.5. The standard InChI is InChI=1S/C36H38F2N2O4SSi/c1-26(44-46(35(2,3)4,29-17-11-7-12-18-29)30-19-13-8-14-20-30)34(41)40-36(24-43-25-42-5,27-15-9-6-10-16-27)45-33(39-40)31-23-28(37)21-22-32(31)38/h6-23,26H,24-25H2,1-5H3/t26-,36+/m0/s1. The number of benzene rings is 4. The summed E-state index contributed by atoms with van der Waals surface area (Å²) >= 11 is 1.13. The lowest BCUT2D eigenvalue weighted by atomic mass is 10.1. The van der Waals surface area contributed by atoms with E-state index in [2.05, 4.69) is 45.0 Å². The van der Waals surface area contributed by atoms with Crippen LogP contribution in [0.25, 0.3) is 0 Å². The molecule has 0 N–H and O–H groups in total. The summed E-state index contributed by atoms with van der Waals surface area (Å²) in [7, 11) is -1.64. The molecule has 1 heterocycles. The third-order valence-electron chi connectivity index (χ3n) is 8.01. The lowest BCUT2D eigenvalue weighted by molar-refractivity contribution is -0.145. The van der Waals surface area contributed by atoms with Crippen LogP contribution in [0.5, 0.6) is 0 Å². The van der Waals surface area contributed by atoms with Crippen LogP contribution in [0.3, 0.4) is 0 Å². The van der Waals surface area contributed by atoms with E-state index in [1.165, 1.54) is 12.1 Å². The fourth-order valence-electron chi connectivity index (χ4n) is 5.89. The number of hydrazone groups is 1. The van der Waals surface area contributed by atoms with Crippen LogP contribution in [0.1, 0.15) is 38.8 Å². The zero-order valence-electron chi connectivity index (χ0n) is 26.6. The molecule has 1 aliphatic heterocycles. The molecule has 5 rings (SSSR count). The van der Waals surface area contributed by atoms with Gasteiger partial charge < -0.3 is 13.9 Å². The Morgan fingerprint density at radius 3 is 2.02 bits per heavy atom. The number of carbonyl (C=O) groups excluding carboxylic acids is 1. The van der Waals surface area contributed by atoms with Gasteiger partial charge in [-0.05, 0) is 46.1 Å². The summed E-state index contributed by atoms with van der Waals surface area (Å²) in [6.45, 7) is 8.05. The van der Waals surface area contributed by atoms with Crippen molar-refractivity contribution in [3.63, 3.8) is 0 Å². The van der Waals surface area contributed by atoms with Gasteiger partial charge in [-0.2, -0.15) is 5.10 Å². The molecule has 1 aliphatic rings. The first kappa shape index (κ1) is 33.7. The predicted octanol–water partition coefficient (Wildman–Crippen LogP) is 6.64. The van der Waals surface area contributed by atoms with E-state index < -0.39 is 36.8 Å². The fraction of sp³-hybridized carbons (Fsp3) is 0.278. The number of methoxy groups -OCH3 is 1. The Labute approximate surface area is 274 Å². The second-order valence-electron chi connectivity index (χ2n) is 12.1. The minimum Gasteiger partial charge on any atom is -0.396 e. The van der Waals surface area contributed by atoms with Gasteiger partial charge in [-0.15, -0.1) is 0 Å². The summed E-state index contributed by atoms with van der Waals surface area (Å²) in [5.74, 6) is -1.72. The number of ether oxygens (including phenoxy) is 2. The van der Waals surface area contributed by atoms with Gasteiger partial charge in [0, 0.05) is 12.7 Å². The highest BCUT2D eigenvalue weighted by Gasteiger charge is 2.55. The molecule has 46 heavy (non-hydrogen) atoms. The van der Waals surface area contributed by atoms with Crippen molar-refractivity contribution < 1.29 is 27.5 Å². The number of rotatable bonds is 11. The number of nitrogens with zero attached hydrogens (tertiary/aromatic N) is 2. The van der Waals surface area contributed by atoms with Crippen molar-refractivity contribution in [1.82, 2.24) is 5.01 Å². The van der Waals surface area contributed by atoms with Crippen molar-refractivity contribution in [2.75, 3.05) is 20.5 Å². The van der Waals surface area contributed by atoms with E-state index in [0.717, 1.165) is 40.3 Å². The highest BCUT2D eigenvalue weighted by Crippen LogP contribution is 2.49. The first-order chi connectivity index (χ1) is 22.0. The summed E-state index contributed by atoms with van der Waals surface area (Å²) in [6, 6.07) is 32.6. The number of carbonyl (C=O) groups is 1.